The van der Waals surface area contributed by atoms with E-state index in [1.54, 1.807) is 29.3 Å². The number of hydrogen-bond acceptors (Lipinski definition) is 3. The van der Waals surface area contributed by atoms with Gasteiger partial charge < -0.3 is 9.64 Å². The van der Waals surface area contributed by atoms with Crippen LogP contribution in [-0.4, -0.2) is 25.0 Å². The molecule has 1 aromatic carbocycles. The van der Waals surface area contributed by atoms with Crippen molar-refractivity contribution in [1.29, 1.82) is 0 Å². The van der Waals surface area contributed by atoms with Crippen molar-refractivity contribution in [3.8, 4) is 0 Å². The van der Waals surface area contributed by atoms with Gasteiger partial charge in [0.05, 0.1) is 5.57 Å². The van der Waals surface area contributed by atoms with E-state index in [2.05, 4.69) is 0 Å². The van der Waals surface area contributed by atoms with Crippen molar-refractivity contribution in [1.82, 2.24) is 4.90 Å². The molecule has 0 spiro atoms. The van der Waals surface area contributed by atoms with E-state index in [1.165, 1.54) is 0 Å². The molecule has 1 aromatic rings. The Morgan fingerprint density at radius 1 is 1.24 bits per heavy atom. The molecule has 0 saturated heterocycles. The van der Waals surface area contributed by atoms with E-state index < -0.39 is 0 Å². The van der Waals surface area contributed by atoms with E-state index in [0.717, 1.165) is 5.56 Å². The van der Waals surface area contributed by atoms with E-state index in [-0.39, 0.29) is 5.97 Å². The van der Waals surface area contributed by atoms with Crippen LogP contribution in [0, 0.1) is 0 Å². The van der Waals surface area contributed by atoms with Gasteiger partial charge in [0.1, 0.15) is 5.76 Å². The molecular formula is C13H12ClNO2. The first-order valence-electron chi connectivity index (χ1n) is 5.14. The zero-order valence-electron chi connectivity index (χ0n) is 9.61. The summed E-state index contributed by atoms with van der Waals surface area (Å²) >= 11 is 5.80. The van der Waals surface area contributed by atoms with Gasteiger partial charge in [0.15, 0.2) is 0 Å². The molecule has 0 radical (unpaired) electrons. The smallest absolute Gasteiger partial charge is 0.345 e. The van der Waals surface area contributed by atoms with Gasteiger partial charge in [-0.25, -0.2) is 4.79 Å². The molecule has 0 fully saturated rings. The number of hydrogen-bond donors (Lipinski definition) is 0. The van der Waals surface area contributed by atoms with Crippen LogP contribution in [0.25, 0.3) is 5.76 Å². The molecule has 0 atom stereocenters. The van der Waals surface area contributed by atoms with Gasteiger partial charge in [0, 0.05) is 30.9 Å². The number of benzene rings is 1. The fourth-order valence-electron chi connectivity index (χ4n) is 1.51. The average molecular weight is 250 g/mol. The first-order chi connectivity index (χ1) is 8.06. The maximum atomic E-state index is 11.6. The Bertz CT molecular complexity index is 501. The van der Waals surface area contributed by atoms with Crippen LogP contribution in [0.1, 0.15) is 5.56 Å². The Labute approximate surface area is 105 Å². The summed E-state index contributed by atoms with van der Waals surface area (Å²) in [6.45, 7) is 0. The van der Waals surface area contributed by atoms with Crippen LogP contribution in [0.5, 0.6) is 0 Å². The minimum absolute atomic E-state index is 0.330. The number of rotatable bonds is 2. The van der Waals surface area contributed by atoms with Crippen LogP contribution in [0.4, 0.5) is 0 Å². The van der Waals surface area contributed by atoms with Crippen LogP contribution >= 0.6 is 11.6 Å². The first-order valence-corrected chi connectivity index (χ1v) is 5.52. The van der Waals surface area contributed by atoms with Gasteiger partial charge >= 0.3 is 5.97 Å². The van der Waals surface area contributed by atoms with Gasteiger partial charge in [0.25, 0.3) is 0 Å². The van der Waals surface area contributed by atoms with Crippen molar-refractivity contribution in [2.75, 3.05) is 14.1 Å². The second kappa shape index (κ2) is 4.63. The van der Waals surface area contributed by atoms with Crippen molar-refractivity contribution < 1.29 is 9.53 Å². The molecule has 17 heavy (non-hydrogen) atoms. The lowest BCUT2D eigenvalue weighted by atomic mass is 10.1. The lowest BCUT2D eigenvalue weighted by Crippen LogP contribution is -2.06. The molecule has 88 valence electrons. The summed E-state index contributed by atoms with van der Waals surface area (Å²) in [5.74, 6) is 0.225. The van der Waals surface area contributed by atoms with Crippen molar-refractivity contribution >= 4 is 23.3 Å². The number of carbonyl (C=O) groups excluding carboxylic acids is 1. The second-order valence-corrected chi connectivity index (χ2v) is 4.39. The quantitative estimate of drug-likeness (QED) is 0.596. The Balaban J connectivity index is 2.30. The molecule has 3 nitrogen and oxygen atoms in total. The minimum Gasteiger partial charge on any atom is -0.422 e. The summed E-state index contributed by atoms with van der Waals surface area (Å²) in [6.07, 6.45) is 3.46. The fourth-order valence-corrected chi connectivity index (χ4v) is 1.64. The molecular weight excluding hydrogens is 238 g/mol. The zero-order chi connectivity index (χ0) is 12.4. The van der Waals surface area contributed by atoms with E-state index >= 15 is 0 Å². The van der Waals surface area contributed by atoms with Crippen molar-refractivity contribution in [3.63, 3.8) is 0 Å². The van der Waals surface area contributed by atoms with Gasteiger partial charge in [-0.1, -0.05) is 11.6 Å². The summed E-state index contributed by atoms with van der Waals surface area (Å²) in [6, 6.07) is 7.17. The zero-order valence-corrected chi connectivity index (χ0v) is 10.4. The Kier molecular flexibility index (Phi) is 3.20. The van der Waals surface area contributed by atoms with Gasteiger partial charge in [-0.15, -0.1) is 0 Å². The van der Waals surface area contributed by atoms with E-state index in [9.17, 15) is 4.79 Å². The number of ether oxygens (including phenoxy) is 1. The molecule has 0 amide bonds. The van der Waals surface area contributed by atoms with Crippen LogP contribution in [-0.2, 0) is 9.53 Å². The predicted octanol–water partition coefficient (Wildman–Crippen LogP) is 2.68. The first kappa shape index (κ1) is 11.7. The number of esters is 1. The van der Waals surface area contributed by atoms with Gasteiger partial charge in [-0.2, -0.15) is 0 Å². The highest BCUT2D eigenvalue weighted by Crippen LogP contribution is 2.26. The molecule has 4 heteroatoms. The highest BCUT2D eigenvalue weighted by molar-refractivity contribution is 6.30. The fraction of sp³-hybridized carbons (Fsp3) is 0.154. The molecule has 0 aromatic heterocycles. The number of carbonyl (C=O) groups is 1. The van der Waals surface area contributed by atoms with Crippen LogP contribution in [0.2, 0.25) is 5.02 Å². The maximum absolute atomic E-state index is 11.6. The van der Waals surface area contributed by atoms with Crippen molar-refractivity contribution in [3.05, 3.63) is 52.7 Å². The molecule has 0 N–H and O–H groups in total. The maximum Gasteiger partial charge on any atom is 0.345 e. The highest BCUT2D eigenvalue weighted by atomic mass is 35.5. The number of cyclic esters (lactones) is 1. The second-order valence-electron chi connectivity index (χ2n) is 3.95. The van der Waals surface area contributed by atoms with Gasteiger partial charge in [-0.05, 0) is 30.3 Å². The average Bonchev–Trinajstić information content (AvgIpc) is 2.60. The Morgan fingerprint density at radius 3 is 2.47 bits per heavy atom. The third-order valence-corrected chi connectivity index (χ3v) is 2.50. The molecule has 0 bridgehead atoms. The van der Waals surface area contributed by atoms with Crippen LogP contribution in [0.3, 0.4) is 0 Å². The normalized spacial score (nSPS) is 17.0. The molecule has 1 heterocycles. The largest absolute Gasteiger partial charge is 0.422 e. The van der Waals surface area contributed by atoms with Gasteiger partial charge in [-0.3, -0.25) is 0 Å². The van der Waals surface area contributed by atoms with E-state index in [0.29, 0.717) is 16.4 Å². The van der Waals surface area contributed by atoms with Crippen molar-refractivity contribution in [2.24, 2.45) is 0 Å². The lowest BCUT2D eigenvalue weighted by Gasteiger charge is -2.03. The third-order valence-electron chi connectivity index (χ3n) is 2.25. The number of halogens is 1. The Hall–Kier alpha value is -1.74. The SMILES string of the molecule is CN(C)C=C1C=C(c2ccc(Cl)cc2)OC1=O. The van der Waals surface area contributed by atoms with E-state index in [4.69, 9.17) is 16.3 Å². The van der Waals surface area contributed by atoms with Crippen molar-refractivity contribution in [2.45, 2.75) is 0 Å². The summed E-state index contributed by atoms with van der Waals surface area (Å²) in [5, 5.41) is 0.655. The lowest BCUT2D eigenvalue weighted by molar-refractivity contribution is -0.131. The highest BCUT2D eigenvalue weighted by Gasteiger charge is 2.21. The van der Waals surface area contributed by atoms with Crippen LogP contribution in [0.15, 0.2) is 42.1 Å². The molecule has 2 rings (SSSR count). The number of nitrogens with zero attached hydrogens (tertiary/aromatic N) is 1. The third kappa shape index (κ3) is 2.68. The Morgan fingerprint density at radius 2 is 1.88 bits per heavy atom. The minimum atomic E-state index is -0.330. The van der Waals surface area contributed by atoms with E-state index in [1.807, 2.05) is 26.2 Å². The summed E-state index contributed by atoms with van der Waals surface area (Å²) in [4.78, 5) is 13.4. The van der Waals surface area contributed by atoms with Crippen LogP contribution < -0.4 is 0 Å². The molecule has 1 aliphatic rings. The summed E-state index contributed by atoms with van der Waals surface area (Å²) in [5.41, 5.74) is 1.38. The molecule has 0 saturated carbocycles. The topological polar surface area (TPSA) is 29.5 Å². The molecule has 0 unspecified atom stereocenters. The monoisotopic (exact) mass is 249 g/mol. The predicted molar refractivity (Wildman–Crippen MR) is 67.3 cm³/mol. The molecule has 1 aliphatic heterocycles. The summed E-state index contributed by atoms with van der Waals surface area (Å²) in [7, 11) is 3.71. The van der Waals surface area contributed by atoms with Gasteiger partial charge in [0.2, 0.25) is 0 Å². The molecule has 0 aliphatic carbocycles. The summed E-state index contributed by atoms with van der Waals surface area (Å²) < 4.78 is 5.18. The standard InChI is InChI=1S/C13H12ClNO2/c1-15(2)8-10-7-12(17-13(10)16)9-3-5-11(14)6-4-9/h3-8H,1-2H3.